The van der Waals surface area contributed by atoms with Gasteiger partial charge in [0.05, 0.1) is 38.5 Å². The maximum atomic E-state index is 14.2. The van der Waals surface area contributed by atoms with Gasteiger partial charge in [0.15, 0.2) is 0 Å². The molecule has 1 aromatic carbocycles. The molecule has 0 unspecified atom stereocenters. The van der Waals surface area contributed by atoms with Crippen molar-refractivity contribution in [2.24, 2.45) is 5.92 Å². The van der Waals surface area contributed by atoms with Crippen LogP contribution in [0.15, 0.2) is 29.3 Å². The second-order valence-electron chi connectivity index (χ2n) is 8.17. The predicted octanol–water partition coefficient (Wildman–Crippen LogP) is 3.15. The molecule has 4 rings (SSSR count). The molecule has 1 aromatic heterocycles. The highest BCUT2D eigenvalue weighted by Gasteiger charge is 2.41. The fraction of sp³-hybridized carbons (Fsp3) is 0.435. The number of alkyl halides is 1. The number of hydrogen-bond acceptors (Lipinski definition) is 8. The molecule has 2 aliphatic heterocycles. The van der Waals surface area contributed by atoms with Crippen molar-refractivity contribution in [3.63, 3.8) is 0 Å². The number of benzene rings is 1. The number of nitrogens with zero attached hydrogens (tertiary/aromatic N) is 4. The van der Waals surface area contributed by atoms with Crippen molar-refractivity contribution in [1.29, 1.82) is 10.5 Å². The summed E-state index contributed by atoms with van der Waals surface area (Å²) in [5, 5.41) is 29.5. The third kappa shape index (κ3) is 4.51. The molecule has 0 aliphatic carbocycles. The topological polar surface area (TPSA) is 102 Å². The first kappa shape index (κ1) is 22.3. The summed E-state index contributed by atoms with van der Waals surface area (Å²) in [7, 11) is 0. The second kappa shape index (κ2) is 9.33. The molecule has 2 aliphatic rings. The molecule has 0 bridgehead atoms. The molecule has 2 fully saturated rings. The van der Waals surface area contributed by atoms with Gasteiger partial charge in [0.25, 0.3) is 0 Å². The number of anilines is 1. The van der Waals surface area contributed by atoms with E-state index in [1.54, 1.807) is 29.2 Å². The van der Waals surface area contributed by atoms with Gasteiger partial charge >= 0.3 is 0 Å². The molecule has 9 heteroatoms. The van der Waals surface area contributed by atoms with Crippen LogP contribution in [0, 0.1) is 28.6 Å². The summed E-state index contributed by atoms with van der Waals surface area (Å²) in [5.74, 6) is 2.13. The summed E-state index contributed by atoms with van der Waals surface area (Å²) in [6.07, 6.45) is 0. The Morgan fingerprint density at radius 3 is 2.47 bits per heavy atom. The molecule has 0 saturated carbocycles. The van der Waals surface area contributed by atoms with Gasteiger partial charge in [0.2, 0.25) is 0 Å². The lowest BCUT2D eigenvalue weighted by Gasteiger charge is -2.43. The summed E-state index contributed by atoms with van der Waals surface area (Å²) in [6, 6.07) is 11.5. The van der Waals surface area contributed by atoms with Crippen molar-refractivity contribution in [3.8, 4) is 29.0 Å². The molecule has 7 nitrogen and oxygen atoms in total. The summed E-state index contributed by atoms with van der Waals surface area (Å²) < 4.78 is 24.9. The Balaban J connectivity index is 1.78. The molecule has 0 atom stereocenters. The third-order valence-electron chi connectivity index (χ3n) is 5.38. The van der Waals surface area contributed by atoms with Crippen molar-refractivity contribution < 1.29 is 19.0 Å². The zero-order valence-electron chi connectivity index (χ0n) is 17.7. The van der Waals surface area contributed by atoms with Crippen molar-refractivity contribution in [2.75, 3.05) is 50.2 Å². The minimum atomic E-state index is -1.33. The van der Waals surface area contributed by atoms with Crippen LogP contribution in [0.4, 0.5) is 10.2 Å². The largest absolute Gasteiger partial charge is 0.491 e. The van der Waals surface area contributed by atoms with E-state index in [-0.39, 0.29) is 31.9 Å². The Kier molecular flexibility index (Phi) is 6.52. The molecule has 2 aromatic rings. The molecule has 32 heavy (non-hydrogen) atoms. The number of rotatable bonds is 8. The minimum Gasteiger partial charge on any atom is -0.491 e. The van der Waals surface area contributed by atoms with E-state index in [9.17, 15) is 14.9 Å². The standard InChI is InChI=1S/C23H23FN4O3S/c1-23(24)13-28(14-23)21-18(8-25)20(16-2-4-17(5-3-16)31-7-6-29)19(9-26)22(27-21)32-12-15-10-30-11-15/h2-5,15,29H,6-7,10-14H2,1H3. The van der Waals surface area contributed by atoms with Crippen LogP contribution in [0.2, 0.25) is 0 Å². The molecule has 0 amide bonds. The van der Waals surface area contributed by atoms with Crippen LogP contribution < -0.4 is 9.64 Å². The average Bonchev–Trinajstić information content (AvgIpc) is 2.74. The molecule has 0 radical (unpaired) electrons. The number of pyridine rings is 1. The van der Waals surface area contributed by atoms with Crippen LogP contribution in [0.25, 0.3) is 11.1 Å². The predicted molar refractivity (Wildman–Crippen MR) is 118 cm³/mol. The Morgan fingerprint density at radius 1 is 1.25 bits per heavy atom. The lowest BCUT2D eigenvalue weighted by molar-refractivity contribution is -0.0196. The molecule has 1 N–H and O–H groups in total. The van der Waals surface area contributed by atoms with Gasteiger partial charge in [0.1, 0.15) is 46.6 Å². The summed E-state index contributed by atoms with van der Waals surface area (Å²) >= 11 is 1.47. The smallest absolute Gasteiger partial charge is 0.148 e. The second-order valence-corrected chi connectivity index (χ2v) is 9.18. The van der Waals surface area contributed by atoms with Gasteiger partial charge in [-0.2, -0.15) is 10.5 Å². The van der Waals surface area contributed by atoms with Crippen LogP contribution >= 0.6 is 11.8 Å². The van der Waals surface area contributed by atoms with E-state index in [0.29, 0.717) is 52.4 Å². The monoisotopic (exact) mass is 454 g/mol. The zero-order valence-corrected chi connectivity index (χ0v) is 18.5. The third-order valence-corrected chi connectivity index (χ3v) is 6.58. The number of thioether (sulfide) groups is 1. The van der Waals surface area contributed by atoms with Gasteiger partial charge < -0.3 is 19.5 Å². The fourth-order valence-corrected chi connectivity index (χ4v) is 4.77. The Bertz CT molecular complexity index is 1070. The highest BCUT2D eigenvalue weighted by molar-refractivity contribution is 7.99. The molecular weight excluding hydrogens is 431 g/mol. The molecule has 3 heterocycles. The van der Waals surface area contributed by atoms with Crippen molar-refractivity contribution in [3.05, 3.63) is 35.4 Å². The van der Waals surface area contributed by atoms with Gasteiger partial charge in [-0.15, -0.1) is 11.8 Å². The van der Waals surface area contributed by atoms with E-state index in [0.717, 1.165) is 5.75 Å². The normalized spacial score (nSPS) is 17.1. The van der Waals surface area contributed by atoms with E-state index < -0.39 is 5.67 Å². The van der Waals surface area contributed by atoms with Crippen molar-refractivity contribution in [1.82, 2.24) is 4.98 Å². The molecule has 0 spiro atoms. The number of aliphatic hydroxyl groups is 1. The van der Waals surface area contributed by atoms with E-state index in [4.69, 9.17) is 14.6 Å². The number of aromatic nitrogens is 1. The SMILES string of the molecule is CC1(F)CN(c2nc(SCC3COC3)c(C#N)c(-c3ccc(OCCO)cc3)c2C#N)C1. The van der Waals surface area contributed by atoms with E-state index in [1.807, 2.05) is 0 Å². The van der Waals surface area contributed by atoms with Gasteiger partial charge in [0, 0.05) is 17.2 Å². The van der Waals surface area contributed by atoms with E-state index in [2.05, 4.69) is 17.1 Å². The summed E-state index contributed by atoms with van der Waals surface area (Å²) in [4.78, 5) is 6.41. The Labute approximate surface area is 190 Å². The van der Waals surface area contributed by atoms with Crippen LogP contribution in [0.5, 0.6) is 5.75 Å². The maximum Gasteiger partial charge on any atom is 0.148 e. The number of ether oxygens (including phenoxy) is 2. The quantitative estimate of drug-likeness (QED) is 0.607. The Hall–Kier alpha value is -2.85. The van der Waals surface area contributed by atoms with Crippen LogP contribution in [0.3, 0.4) is 0 Å². The van der Waals surface area contributed by atoms with E-state index in [1.165, 1.54) is 18.7 Å². The maximum absolute atomic E-state index is 14.2. The molecular formula is C23H23FN4O3S. The van der Waals surface area contributed by atoms with Gasteiger partial charge in [-0.05, 0) is 24.6 Å². The average molecular weight is 455 g/mol. The fourth-order valence-electron chi connectivity index (χ4n) is 3.74. The number of halogens is 1. The van der Waals surface area contributed by atoms with Gasteiger partial charge in [-0.1, -0.05) is 12.1 Å². The van der Waals surface area contributed by atoms with Gasteiger partial charge in [-0.3, -0.25) is 0 Å². The minimum absolute atomic E-state index is 0.0947. The van der Waals surface area contributed by atoms with Crippen molar-refractivity contribution in [2.45, 2.75) is 17.6 Å². The number of hydrogen-bond donors (Lipinski definition) is 1. The lowest BCUT2D eigenvalue weighted by Crippen LogP contribution is -2.57. The lowest BCUT2D eigenvalue weighted by atomic mass is 9.93. The summed E-state index contributed by atoms with van der Waals surface area (Å²) in [5.41, 5.74) is 0.439. The van der Waals surface area contributed by atoms with Crippen LogP contribution in [0.1, 0.15) is 18.1 Å². The molecule has 166 valence electrons. The Morgan fingerprint density at radius 2 is 1.94 bits per heavy atom. The first-order valence-electron chi connectivity index (χ1n) is 10.3. The van der Waals surface area contributed by atoms with Gasteiger partial charge in [-0.25, -0.2) is 9.37 Å². The van der Waals surface area contributed by atoms with Crippen molar-refractivity contribution >= 4 is 17.6 Å². The number of nitriles is 2. The highest BCUT2D eigenvalue weighted by atomic mass is 32.2. The van der Waals surface area contributed by atoms with E-state index >= 15 is 0 Å². The highest BCUT2D eigenvalue weighted by Crippen LogP contribution is 2.41. The summed E-state index contributed by atoms with van der Waals surface area (Å²) in [6.45, 7) is 3.27. The first-order chi connectivity index (χ1) is 15.5. The molecule has 2 saturated heterocycles. The number of aliphatic hydroxyl groups excluding tert-OH is 1. The zero-order chi connectivity index (χ0) is 22.7. The first-order valence-corrected chi connectivity index (χ1v) is 11.3. The van der Waals surface area contributed by atoms with Crippen LogP contribution in [-0.4, -0.2) is 61.0 Å². The van der Waals surface area contributed by atoms with Crippen LogP contribution in [-0.2, 0) is 4.74 Å².